The predicted octanol–water partition coefficient (Wildman–Crippen LogP) is 4.56. The van der Waals surface area contributed by atoms with Crippen LogP contribution in [0.1, 0.15) is 66.9 Å². The van der Waals surface area contributed by atoms with E-state index in [0.717, 1.165) is 0 Å². The molecular formula is C27H41NO10. The minimum atomic E-state index is -1.07. The lowest BCUT2D eigenvalue weighted by molar-refractivity contribution is -0.169. The van der Waals surface area contributed by atoms with Crippen LogP contribution in [0.5, 0.6) is 11.5 Å². The van der Waals surface area contributed by atoms with Crippen molar-refractivity contribution in [2.45, 2.75) is 86.0 Å². The number of hydrogen-bond donors (Lipinski definition) is 1. The van der Waals surface area contributed by atoms with E-state index in [1.54, 1.807) is 26.8 Å². The van der Waals surface area contributed by atoms with Gasteiger partial charge < -0.3 is 34.2 Å². The number of hydrogen-bond acceptors (Lipinski definition) is 11. The molecule has 0 fully saturated rings. The summed E-state index contributed by atoms with van der Waals surface area (Å²) in [6.07, 6.45) is -2.13. The monoisotopic (exact) mass is 539 g/mol. The second-order valence-electron chi connectivity index (χ2n) is 9.31. The van der Waals surface area contributed by atoms with Crippen LogP contribution in [-0.2, 0) is 35.0 Å². The SMILES string of the molecule is CCCOC(=O)Oc1ccc(C[C@H](N)C(=O)O[C@@H](C)C(C)OC(=O)C(C)C(C)C)cc1OC(=O)OCCC. The van der Waals surface area contributed by atoms with Gasteiger partial charge in [0.15, 0.2) is 11.5 Å². The Hall–Kier alpha value is -3.34. The quantitative estimate of drug-likeness (QED) is 0.201. The second kappa shape index (κ2) is 16.5. The van der Waals surface area contributed by atoms with Crippen LogP contribution in [-0.4, -0.2) is 55.7 Å². The molecule has 214 valence electrons. The zero-order valence-electron chi connectivity index (χ0n) is 23.3. The highest BCUT2D eigenvalue weighted by atomic mass is 16.7. The smallest absolute Gasteiger partial charge is 0.459 e. The summed E-state index contributed by atoms with van der Waals surface area (Å²) in [4.78, 5) is 48.7. The lowest BCUT2D eigenvalue weighted by atomic mass is 9.98. The number of carbonyl (C=O) groups excluding carboxylic acids is 4. The molecule has 2 unspecified atom stereocenters. The molecule has 1 rings (SSSR count). The van der Waals surface area contributed by atoms with Crippen molar-refractivity contribution in [2.75, 3.05) is 13.2 Å². The molecule has 1 aromatic carbocycles. The molecule has 4 atom stereocenters. The van der Waals surface area contributed by atoms with E-state index in [1.165, 1.54) is 12.1 Å². The molecular weight excluding hydrogens is 498 g/mol. The molecule has 1 aromatic rings. The van der Waals surface area contributed by atoms with Gasteiger partial charge in [0.05, 0.1) is 19.1 Å². The molecule has 0 bridgehead atoms. The standard InChI is InChI=1S/C27H41NO10/c1-8-12-33-26(31)37-22-11-10-20(15-23(22)38-27(32)34-13-9-2)14-21(28)25(30)36-19(7)18(6)35-24(29)17(5)16(3)4/h10-11,15-19,21H,8-9,12-14,28H2,1-7H3/t17?,18?,19-,21-/m0/s1. The number of nitrogens with two attached hydrogens (primary N) is 1. The van der Waals surface area contributed by atoms with Gasteiger partial charge in [-0.3, -0.25) is 9.59 Å². The Bertz CT molecular complexity index is 932. The maximum Gasteiger partial charge on any atom is 0.513 e. The van der Waals surface area contributed by atoms with E-state index < -0.39 is 36.5 Å². The third kappa shape index (κ3) is 11.4. The molecule has 0 aliphatic rings. The number of esters is 2. The van der Waals surface area contributed by atoms with Crippen LogP contribution in [0.4, 0.5) is 9.59 Å². The minimum Gasteiger partial charge on any atom is -0.459 e. The zero-order valence-corrected chi connectivity index (χ0v) is 23.3. The lowest BCUT2D eigenvalue weighted by Gasteiger charge is -2.24. The van der Waals surface area contributed by atoms with Crippen molar-refractivity contribution in [3.63, 3.8) is 0 Å². The van der Waals surface area contributed by atoms with E-state index in [0.29, 0.717) is 18.4 Å². The Balaban J connectivity index is 2.89. The van der Waals surface area contributed by atoms with Crippen LogP contribution in [0.15, 0.2) is 18.2 Å². The molecule has 2 N–H and O–H groups in total. The first-order valence-corrected chi connectivity index (χ1v) is 12.9. The van der Waals surface area contributed by atoms with Crippen LogP contribution in [0.2, 0.25) is 0 Å². The molecule has 0 aromatic heterocycles. The van der Waals surface area contributed by atoms with Gasteiger partial charge in [0, 0.05) is 0 Å². The van der Waals surface area contributed by atoms with Crippen LogP contribution in [0, 0.1) is 11.8 Å². The molecule has 11 nitrogen and oxygen atoms in total. The van der Waals surface area contributed by atoms with Gasteiger partial charge in [-0.15, -0.1) is 0 Å². The highest BCUT2D eigenvalue weighted by molar-refractivity contribution is 5.76. The highest BCUT2D eigenvalue weighted by Crippen LogP contribution is 2.30. The van der Waals surface area contributed by atoms with Crippen molar-refractivity contribution < 1.29 is 47.6 Å². The first-order chi connectivity index (χ1) is 17.9. The van der Waals surface area contributed by atoms with E-state index in [1.807, 2.05) is 27.7 Å². The van der Waals surface area contributed by atoms with Gasteiger partial charge in [-0.25, -0.2) is 9.59 Å². The maximum absolute atomic E-state index is 12.6. The van der Waals surface area contributed by atoms with E-state index >= 15 is 0 Å². The fourth-order valence-corrected chi connectivity index (χ4v) is 2.82. The van der Waals surface area contributed by atoms with Gasteiger partial charge in [-0.2, -0.15) is 0 Å². The van der Waals surface area contributed by atoms with Crippen molar-refractivity contribution in [1.29, 1.82) is 0 Å². The van der Waals surface area contributed by atoms with E-state index in [4.69, 9.17) is 34.2 Å². The summed E-state index contributed by atoms with van der Waals surface area (Å²) in [7, 11) is 0. The Morgan fingerprint density at radius 1 is 0.763 bits per heavy atom. The van der Waals surface area contributed by atoms with Gasteiger partial charge in [0.2, 0.25) is 0 Å². The molecule has 38 heavy (non-hydrogen) atoms. The van der Waals surface area contributed by atoms with Crippen molar-refractivity contribution in [3.8, 4) is 11.5 Å². The summed E-state index contributed by atoms with van der Waals surface area (Å²) in [6.45, 7) is 12.8. The predicted molar refractivity (Wildman–Crippen MR) is 138 cm³/mol. The van der Waals surface area contributed by atoms with E-state index in [-0.39, 0.29) is 48.9 Å². The fourth-order valence-electron chi connectivity index (χ4n) is 2.82. The minimum absolute atomic E-state index is 0.0189. The average Bonchev–Trinajstić information content (AvgIpc) is 2.86. The first kappa shape index (κ1) is 32.7. The summed E-state index contributed by atoms with van der Waals surface area (Å²) in [5, 5.41) is 0. The molecule has 0 saturated heterocycles. The molecule has 11 heteroatoms. The Morgan fingerprint density at radius 2 is 1.26 bits per heavy atom. The molecule has 0 radical (unpaired) electrons. The average molecular weight is 540 g/mol. The van der Waals surface area contributed by atoms with Gasteiger partial charge >= 0.3 is 24.2 Å². The van der Waals surface area contributed by atoms with E-state index in [9.17, 15) is 19.2 Å². The third-order valence-electron chi connectivity index (χ3n) is 5.64. The number of benzene rings is 1. The number of ether oxygens (including phenoxy) is 6. The normalized spacial score (nSPS) is 14.0. The molecule has 0 saturated carbocycles. The van der Waals surface area contributed by atoms with Crippen molar-refractivity contribution >= 4 is 24.2 Å². The summed E-state index contributed by atoms with van der Waals surface area (Å²) in [5.41, 5.74) is 6.56. The number of carbonyl (C=O) groups is 4. The molecule has 0 aliphatic carbocycles. The topological polar surface area (TPSA) is 150 Å². The van der Waals surface area contributed by atoms with Crippen LogP contribution < -0.4 is 15.2 Å². The van der Waals surface area contributed by atoms with Crippen molar-refractivity contribution in [2.24, 2.45) is 17.6 Å². The summed E-state index contributed by atoms with van der Waals surface area (Å²) >= 11 is 0. The second-order valence-corrected chi connectivity index (χ2v) is 9.31. The van der Waals surface area contributed by atoms with Crippen LogP contribution in [0.3, 0.4) is 0 Å². The lowest BCUT2D eigenvalue weighted by Crippen LogP contribution is -2.40. The molecule has 0 aliphatic heterocycles. The first-order valence-electron chi connectivity index (χ1n) is 12.9. The fraction of sp³-hybridized carbons (Fsp3) is 0.630. The van der Waals surface area contributed by atoms with E-state index in [2.05, 4.69) is 0 Å². The zero-order chi connectivity index (χ0) is 28.8. The largest absolute Gasteiger partial charge is 0.513 e. The van der Waals surface area contributed by atoms with Crippen molar-refractivity contribution in [3.05, 3.63) is 23.8 Å². The summed E-state index contributed by atoms with van der Waals surface area (Å²) in [5.74, 6) is -1.43. The Labute approximate surface area is 224 Å². The van der Waals surface area contributed by atoms with Crippen LogP contribution >= 0.6 is 0 Å². The highest BCUT2D eigenvalue weighted by Gasteiger charge is 2.27. The third-order valence-corrected chi connectivity index (χ3v) is 5.64. The van der Waals surface area contributed by atoms with Crippen LogP contribution in [0.25, 0.3) is 0 Å². The van der Waals surface area contributed by atoms with Gasteiger partial charge in [-0.1, -0.05) is 40.7 Å². The summed E-state index contributed by atoms with van der Waals surface area (Å²) in [6, 6.07) is 3.28. The molecule has 0 heterocycles. The molecule has 0 amide bonds. The Kier molecular flexibility index (Phi) is 14.2. The van der Waals surface area contributed by atoms with Crippen molar-refractivity contribution in [1.82, 2.24) is 0 Å². The molecule has 0 spiro atoms. The number of rotatable bonds is 14. The maximum atomic E-state index is 12.6. The van der Waals surface area contributed by atoms with Gasteiger partial charge in [0.1, 0.15) is 18.2 Å². The Morgan fingerprint density at radius 3 is 1.76 bits per heavy atom. The van der Waals surface area contributed by atoms with Gasteiger partial charge in [-0.05, 0) is 56.7 Å². The summed E-state index contributed by atoms with van der Waals surface area (Å²) < 4.78 is 31.0. The van der Waals surface area contributed by atoms with Gasteiger partial charge in [0.25, 0.3) is 0 Å².